The number of nitro benzene ring substituents is 1. The monoisotopic (exact) mass is 207 g/mol. The van der Waals surface area contributed by atoms with Crippen LogP contribution in [0.15, 0.2) is 18.2 Å². The molecule has 0 atom stereocenters. The van der Waals surface area contributed by atoms with E-state index in [0.717, 1.165) is 12.8 Å². The maximum atomic E-state index is 10.7. The van der Waals surface area contributed by atoms with E-state index in [1.165, 1.54) is 12.1 Å². The summed E-state index contributed by atoms with van der Waals surface area (Å²) in [4.78, 5) is 20.7. The third-order valence-electron chi connectivity index (χ3n) is 2.03. The van der Waals surface area contributed by atoms with Gasteiger partial charge >= 0.3 is 5.97 Å². The summed E-state index contributed by atoms with van der Waals surface area (Å²) in [5.41, 5.74) is 0.183. The number of aromatic carboxylic acids is 1. The van der Waals surface area contributed by atoms with Crippen molar-refractivity contribution >= 4 is 18.9 Å². The van der Waals surface area contributed by atoms with E-state index >= 15 is 0 Å². The van der Waals surface area contributed by atoms with Crippen LogP contribution in [0.4, 0.5) is 5.69 Å². The molecule has 0 aromatic heterocycles. The highest BCUT2D eigenvalue weighted by atomic mass is 16.6. The lowest BCUT2D eigenvalue weighted by Gasteiger charge is -2.01. The van der Waals surface area contributed by atoms with Crippen molar-refractivity contribution < 1.29 is 14.8 Å². The van der Waals surface area contributed by atoms with Crippen molar-refractivity contribution in [2.24, 2.45) is 0 Å². The summed E-state index contributed by atoms with van der Waals surface area (Å²) in [5, 5.41) is 19.4. The first-order valence-electron chi connectivity index (χ1n) is 4.57. The summed E-state index contributed by atoms with van der Waals surface area (Å²) in [6, 6.07) is 4.22. The van der Waals surface area contributed by atoms with Gasteiger partial charge < -0.3 is 5.11 Å². The van der Waals surface area contributed by atoms with Crippen molar-refractivity contribution in [3.63, 3.8) is 0 Å². The molecular formula is C9H10BNO4. The molecule has 0 spiro atoms. The van der Waals surface area contributed by atoms with Gasteiger partial charge in [-0.2, -0.15) is 0 Å². The number of carboxylic acids is 1. The van der Waals surface area contributed by atoms with Gasteiger partial charge in [-0.3, -0.25) is 10.1 Å². The van der Waals surface area contributed by atoms with Crippen LogP contribution in [-0.4, -0.2) is 23.3 Å². The fourth-order valence-corrected chi connectivity index (χ4v) is 1.35. The molecule has 6 heteroatoms. The average molecular weight is 207 g/mol. The molecule has 15 heavy (non-hydrogen) atoms. The van der Waals surface area contributed by atoms with Crippen LogP contribution in [0.2, 0.25) is 6.82 Å². The number of rotatable bonds is 4. The van der Waals surface area contributed by atoms with E-state index in [2.05, 4.69) is 0 Å². The lowest BCUT2D eigenvalue weighted by molar-refractivity contribution is -0.385. The predicted octanol–water partition coefficient (Wildman–Crippen LogP) is 1.28. The third-order valence-corrected chi connectivity index (χ3v) is 2.03. The number of hydrogen-bond acceptors (Lipinski definition) is 3. The Kier molecular flexibility index (Phi) is 3.44. The molecule has 0 radical (unpaired) electrons. The molecule has 0 aliphatic rings. The molecule has 1 N–H and O–H groups in total. The first-order chi connectivity index (χ1) is 7.06. The van der Waals surface area contributed by atoms with Crippen molar-refractivity contribution in [3.8, 4) is 0 Å². The summed E-state index contributed by atoms with van der Waals surface area (Å²) >= 11 is 0. The van der Waals surface area contributed by atoms with Gasteiger partial charge in [0.05, 0.1) is 4.92 Å². The highest BCUT2D eigenvalue weighted by Crippen LogP contribution is 2.20. The summed E-state index contributed by atoms with van der Waals surface area (Å²) in [7, 11) is 0.865. The van der Waals surface area contributed by atoms with Gasteiger partial charge in [-0.05, 0) is 11.6 Å². The van der Waals surface area contributed by atoms with Crippen LogP contribution in [0.5, 0.6) is 0 Å². The van der Waals surface area contributed by atoms with Crippen LogP contribution >= 0.6 is 0 Å². The Hall–Kier alpha value is -1.85. The lowest BCUT2D eigenvalue weighted by atomic mass is 9.75. The van der Waals surface area contributed by atoms with Crippen LogP contribution < -0.4 is 0 Å². The van der Waals surface area contributed by atoms with Crippen molar-refractivity contribution in [1.29, 1.82) is 0 Å². The van der Waals surface area contributed by atoms with Crippen molar-refractivity contribution in [1.82, 2.24) is 0 Å². The molecule has 1 aromatic carbocycles. The molecule has 0 heterocycles. The SMILES string of the molecule is CBCc1ccc(C(=O)O)c([N+](=O)[O-])c1. The normalized spacial score (nSPS) is 9.67. The highest BCUT2D eigenvalue weighted by Gasteiger charge is 2.19. The number of nitro groups is 1. The summed E-state index contributed by atoms with van der Waals surface area (Å²) in [6.45, 7) is 1.96. The molecule has 0 aliphatic carbocycles. The van der Waals surface area contributed by atoms with Gasteiger partial charge in [0.15, 0.2) is 0 Å². The minimum Gasteiger partial charge on any atom is -0.477 e. The Morgan fingerprint density at radius 2 is 2.27 bits per heavy atom. The van der Waals surface area contributed by atoms with E-state index < -0.39 is 10.9 Å². The Balaban J connectivity index is 3.21. The largest absolute Gasteiger partial charge is 0.477 e. The van der Waals surface area contributed by atoms with Crippen molar-refractivity contribution in [3.05, 3.63) is 39.4 Å². The van der Waals surface area contributed by atoms with Crippen LogP contribution in [0.1, 0.15) is 15.9 Å². The maximum Gasteiger partial charge on any atom is 0.342 e. The van der Waals surface area contributed by atoms with Crippen LogP contribution in [0, 0.1) is 10.1 Å². The van der Waals surface area contributed by atoms with E-state index in [1.54, 1.807) is 6.07 Å². The maximum absolute atomic E-state index is 10.7. The zero-order valence-corrected chi connectivity index (χ0v) is 8.27. The van der Waals surface area contributed by atoms with Gasteiger partial charge in [0.25, 0.3) is 5.69 Å². The van der Waals surface area contributed by atoms with E-state index in [0.29, 0.717) is 6.32 Å². The molecule has 0 bridgehead atoms. The Morgan fingerprint density at radius 1 is 1.60 bits per heavy atom. The van der Waals surface area contributed by atoms with Gasteiger partial charge in [-0.1, -0.05) is 19.2 Å². The molecule has 78 valence electrons. The number of hydrogen-bond donors (Lipinski definition) is 1. The molecule has 0 unspecified atom stereocenters. The van der Waals surface area contributed by atoms with Crippen molar-refractivity contribution in [2.75, 3.05) is 0 Å². The number of benzene rings is 1. The van der Waals surface area contributed by atoms with Crippen molar-refractivity contribution in [2.45, 2.75) is 13.1 Å². The molecule has 0 saturated carbocycles. The second kappa shape index (κ2) is 4.59. The number of carboxylic acid groups (broad SMARTS) is 1. The van der Waals surface area contributed by atoms with Crippen LogP contribution in [0.25, 0.3) is 0 Å². The molecule has 1 aromatic rings. The second-order valence-corrected chi connectivity index (χ2v) is 3.16. The zero-order chi connectivity index (χ0) is 11.4. The van der Waals surface area contributed by atoms with Crippen LogP contribution in [-0.2, 0) is 6.32 Å². The van der Waals surface area contributed by atoms with E-state index in [4.69, 9.17) is 5.11 Å². The fourth-order valence-electron chi connectivity index (χ4n) is 1.35. The molecular weight excluding hydrogens is 197 g/mol. The predicted molar refractivity (Wildman–Crippen MR) is 56.8 cm³/mol. The molecule has 0 saturated heterocycles. The van der Waals surface area contributed by atoms with Gasteiger partial charge in [-0.15, -0.1) is 0 Å². The smallest absolute Gasteiger partial charge is 0.342 e. The van der Waals surface area contributed by atoms with E-state index in [1.807, 2.05) is 6.82 Å². The lowest BCUT2D eigenvalue weighted by Crippen LogP contribution is -2.04. The quantitative estimate of drug-likeness (QED) is 0.458. The Morgan fingerprint density at radius 3 is 2.73 bits per heavy atom. The Bertz CT molecular complexity index is 405. The van der Waals surface area contributed by atoms with Gasteiger partial charge in [0.1, 0.15) is 12.8 Å². The van der Waals surface area contributed by atoms with E-state index in [-0.39, 0.29) is 11.3 Å². The fraction of sp³-hybridized carbons (Fsp3) is 0.222. The van der Waals surface area contributed by atoms with Crippen LogP contribution in [0.3, 0.4) is 0 Å². The Labute approximate surface area is 87.1 Å². The standard InChI is InChI=1S/C9H10BNO4/c1-10-5-6-2-3-7(9(12)13)8(4-6)11(14)15/h2-4,10H,5H2,1H3,(H,12,13). The third kappa shape index (κ3) is 2.55. The molecule has 0 amide bonds. The highest BCUT2D eigenvalue weighted by molar-refractivity contribution is 6.32. The summed E-state index contributed by atoms with van der Waals surface area (Å²) < 4.78 is 0. The minimum absolute atomic E-state index is 0.264. The van der Waals surface area contributed by atoms with Gasteiger partial charge in [0.2, 0.25) is 0 Å². The number of nitrogens with zero attached hydrogens (tertiary/aromatic N) is 1. The number of carbonyl (C=O) groups is 1. The average Bonchev–Trinajstić information content (AvgIpc) is 2.17. The summed E-state index contributed by atoms with van der Waals surface area (Å²) in [6.07, 6.45) is 0.709. The second-order valence-electron chi connectivity index (χ2n) is 3.16. The summed E-state index contributed by atoms with van der Waals surface area (Å²) in [5.74, 6) is -1.27. The zero-order valence-electron chi connectivity index (χ0n) is 8.27. The topological polar surface area (TPSA) is 80.4 Å². The van der Waals surface area contributed by atoms with E-state index in [9.17, 15) is 14.9 Å². The molecule has 1 rings (SSSR count). The molecule has 5 nitrogen and oxygen atoms in total. The van der Waals surface area contributed by atoms with Gasteiger partial charge in [-0.25, -0.2) is 4.79 Å². The first-order valence-corrected chi connectivity index (χ1v) is 4.57. The molecule has 0 aliphatic heterocycles. The minimum atomic E-state index is -1.27. The first kappa shape index (κ1) is 11.2. The van der Waals surface area contributed by atoms with Gasteiger partial charge in [0, 0.05) is 6.07 Å². The molecule has 0 fully saturated rings.